The number of methoxy groups -OCH3 is 1. The molecule has 0 saturated carbocycles. The van der Waals surface area contributed by atoms with Crippen molar-refractivity contribution < 1.29 is 33.4 Å². The third kappa shape index (κ3) is 5.87. The van der Waals surface area contributed by atoms with Crippen LogP contribution in [0.15, 0.2) is 41.3 Å². The molecule has 2 aromatic rings. The van der Waals surface area contributed by atoms with E-state index in [-0.39, 0.29) is 33.6 Å². The topological polar surface area (TPSA) is 99.2 Å². The van der Waals surface area contributed by atoms with Gasteiger partial charge in [0, 0.05) is 5.02 Å². The number of thioether (sulfide) groups is 1. The monoisotopic (exact) mass is 509 g/mol. The fourth-order valence-corrected chi connectivity index (χ4v) is 4.12. The largest absolute Gasteiger partial charge is 0.493 e. The van der Waals surface area contributed by atoms with Crippen LogP contribution in [0.25, 0.3) is 6.08 Å². The Morgan fingerprint density at radius 2 is 1.85 bits per heavy atom. The van der Waals surface area contributed by atoms with E-state index in [0.29, 0.717) is 22.3 Å². The number of rotatable bonds is 7. The average Bonchev–Trinajstić information content (AvgIpc) is 3.02. The molecule has 0 atom stereocenters. The third-order valence-electron chi connectivity index (χ3n) is 4.31. The fraction of sp³-hybridized carbons (Fsp3) is 0.182. The second-order valence-corrected chi connectivity index (χ2v) is 8.33. The molecule has 0 aromatic heterocycles. The minimum absolute atomic E-state index is 0.126. The highest BCUT2D eigenvalue weighted by Crippen LogP contribution is 2.35. The van der Waals surface area contributed by atoms with Crippen molar-refractivity contribution in [3.8, 4) is 11.5 Å². The van der Waals surface area contributed by atoms with E-state index in [2.05, 4.69) is 0 Å². The van der Waals surface area contributed by atoms with Gasteiger partial charge in [0.1, 0.15) is 6.54 Å². The molecule has 33 heavy (non-hydrogen) atoms. The van der Waals surface area contributed by atoms with Gasteiger partial charge in [-0.3, -0.25) is 19.3 Å². The molecule has 2 aromatic carbocycles. The van der Waals surface area contributed by atoms with E-state index >= 15 is 0 Å². The molecular weight excluding hydrogens is 493 g/mol. The molecule has 1 saturated heterocycles. The summed E-state index contributed by atoms with van der Waals surface area (Å²) in [5.41, 5.74) is 0.639. The number of hydrogen-bond donors (Lipinski definition) is 0. The van der Waals surface area contributed by atoms with E-state index in [9.17, 15) is 19.2 Å². The van der Waals surface area contributed by atoms with Gasteiger partial charge in [0.05, 0.1) is 29.2 Å². The van der Waals surface area contributed by atoms with Crippen molar-refractivity contribution >= 4 is 64.1 Å². The minimum Gasteiger partial charge on any atom is -0.493 e. The van der Waals surface area contributed by atoms with E-state index in [1.807, 2.05) is 0 Å². The van der Waals surface area contributed by atoms with Crippen LogP contribution in [0.4, 0.5) is 4.79 Å². The maximum absolute atomic E-state index is 12.5. The zero-order valence-electron chi connectivity index (χ0n) is 17.4. The number of carbonyl (C=O) groups is 4. The molecule has 1 aliphatic heterocycles. The van der Waals surface area contributed by atoms with Gasteiger partial charge in [-0.1, -0.05) is 29.3 Å². The minimum atomic E-state index is -0.706. The maximum Gasteiger partial charge on any atom is 0.345 e. The first-order chi connectivity index (χ1) is 15.7. The molecule has 11 heteroatoms. The number of hydrogen-bond acceptors (Lipinski definition) is 8. The molecule has 0 bridgehead atoms. The van der Waals surface area contributed by atoms with Gasteiger partial charge in [-0.15, -0.1) is 0 Å². The highest BCUT2D eigenvalue weighted by molar-refractivity contribution is 8.18. The quantitative estimate of drug-likeness (QED) is 0.297. The molecular formula is C22H17Cl2NO7S. The van der Waals surface area contributed by atoms with Crippen molar-refractivity contribution in [3.63, 3.8) is 0 Å². The lowest BCUT2D eigenvalue weighted by Gasteiger charge is -2.11. The van der Waals surface area contributed by atoms with Gasteiger partial charge < -0.3 is 14.2 Å². The summed E-state index contributed by atoms with van der Waals surface area (Å²) in [6.07, 6.45) is 1.47. The summed E-state index contributed by atoms with van der Waals surface area (Å²) in [4.78, 5) is 49.7. The van der Waals surface area contributed by atoms with Crippen LogP contribution >= 0.6 is 35.0 Å². The third-order valence-corrected chi connectivity index (χ3v) is 5.76. The maximum atomic E-state index is 12.5. The van der Waals surface area contributed by atoms with Gasteiger partial charge in [0.25, 0.3) is 11.1 Å². The number of carbonyl (C=O) groups excluding carboxylic acids is 4. The van der Waals surface area contributed by atoms with Crippen molar-refractivity contribution in [2.45, 2.75) is 6.92 Å². The number of nitrogens with zero attached hydrogens (tertiary/aromatic N) is 1. The Kier molecular flexibility index (Phi) is 8.01. The molecule has 8 nitrogen and oxygen atoms in total. The lowest BCUT2D eigenvalue weighted by molar-refractivity contribution is -0.145. The van der Waals surface area contributed by atoms with E-state index < -0.39 is 29.6 Å². The second kappa shape index (κ2) is 10.7. The van der Waals surface area contributed by atoms with Crippen LogP contribution in [0.5, 0.6) is 11.5 Å². The number of amides is 2. The Hall–Kier alpha value is -3.01. The molecule has 3 rings (SSSR count). The number of ether oxygens (including phenoxy) is 3. The summed E-state index contributed by atoms with van der Waals surface area (Å²) in [7, 11) is 1.39. The highest BCUT2D eigenvalue weighted by Gasteiger charge is 2.36. The zero-order valence-corrected chi connectivity index (χ0v) is 19.8. The van der Waals surface area contributed by atoms with Gasteiger partial charge in [-0.2, -0.15) is 0 Å². The lowest BCUT2D eigenvalue weighted by Crippen LogP contribution is -2.34. The molecule has 0 unspecified atom stereocenters. The summed E-state index contributed by atoms with van der Waals surface area (Å²) in [6, 6.07) is 8.98. The first-order valence-corrected chi connectivity index (χ1v) is 11.1. The zero-order chi connectivity index (χ0) is 24.1. The van der Waals surface area contributed by atoms with Crippen LogP contribution in [0.2, 0.25) is 10.0 Å². The highest BCUT2D eigenvalue weighted by atomic mass is 35.5. The van der Waals surface area contributed by atoms with E-state index in [1.165, 1.54) is 43.5 Å². The SMILES string of the molecule is CCOC(=O)CN1C(=O)S/C(=C\c2ccc(OC(=O)c3ccc(Cl)cc3Cl)c(OC)c2)C1=O. The molecule has 0 aliphatic carbocycles. The Morgan fingerprint density at radius 3 is 2.52 bits per heavy atom. The molecule has 2 amide bonds. The molecule has 172 valence electrons. The van der Waals surface area contributed by atoms with E-state index in [0.717, 1.165) is 4.90 Å². The predicted octanol–water partition coefficient (Wildman–Crippen LogP) is 4.82. The summed E-state index contributed by atoms with van der Waals surface area (Å²) in [6.45, 7) is 1.32. The molecule has 0 N–H and O–H groups in total. The predicted molar refractivity (Wildman–Crippen MR) is 124 cm³/mol. The van der Waals surface area contributed by atoms with Crippen LogP contribution in [0.3, 0.4) is 0 Å². The Bertz CT molecular complexity index is 1170. The van der Waals surface area contributed by atoms with Crippen LogP contribution in [0, 0.1) is 0 Å². The van der Waals surface area contributed by atoms with E-state index in [1.54, 1.807) is 13.0 Å². The van der Waals surface area contributed by atoms with Crippen molar-refractivity contribution in [3.05, 3.63) is 62.5 Å². The summed E-state index contributed by atoms with van der Waals surface area (Å²) >= 11 is 12.6. The first kappa shape index (κ1) is 24.6. The fourth-order valence-electron chi connectivity index (χ4n) is 2.79. The first-order valence-electron chi connectivity index (χ1n) is 9.49. The standard InChI is InChI=1S/C22H17Cl2NO7S/c1-3-31-19(26)11-25-20(27)18(33-22(25)29)9-12-4-7-16(17(8-12)30-2)32-21(28)14-6-5-13(23)10-15(14)24/h4-10H,3,11H2,1-2H3/b18-9-. The van der Waals surface area contributed by atoms with Gasteiger partial charge in [0.2, 0.25) is 0 Å². The summed E-state index contributed by atoms with van der Waals surface area (Å²) < 4.78 is 15.5. The lowest BCUT2D eigenvalue weighted by atomic mass is 10.1. The Labute approximate surface area is 203 Å². The second-order valence-electron chi connectivity index (χ2n) is 6.50. The molecule has 1 fully saturated rings. The number of benzene rings is 2. The average molecular weight is 510 g/mol. The number of halogens is 2. The van der Waals surface area contributed by atoms with Crippen LogP contribution < -0.4 is 9.47 Å². The molecule has 1 heterocycles. The van der Waals surface area contributed by atoms with Crippen LogP contribution in [-0.4, -0.2) is 48.2 Å². The molecule has 0 spiro atoms. The number of esters is 2. The molecule has 1 aliphatic rings. The van der Waals surface area contributed by atoms with Gasteiger partial charge >= 0.3 is 11.9 Å². The van der Waals surface area contributed by atoms with Crippen LogP contribution in [-0.2, 0) is 14.3 Å². The number of imide groups is 1. The van der Waals surface area contributed by atoms with Crippen molar-refractivity contribution in [1.29, 1.82) is 0 Å². The smallest absolute Gasteiger partial charge is 0.345 e. The molecule has 0 radical (unpaired) electrons. The van der Waals surface area contributed by atoms with Crippen molar-refractivity contribution in [1.82, 2.24) is 4.90 Å². The summed E-state index contributed by atoms with van der Waals surface area (Å²) in [5.74, 6) is -1.64. The van der Waals surface area contributed by atoms with Crippen LogP contribution in [0.1, 0.15) is 22.8 Å². The van der Waals surface area contributed by atoms with Gasteiger partial charge in [-0.25, -0.2) is 4.79 Å². The van der Waals surface area contributed by atoms with E-state index in [4.69, 9.17) is 37.4 Å². The van der Waals surface area contributed by atoms with Gasteiger partial charge in [-0.05, 0) is 60.7 Å². The normalized spacial score (nSPS) is 14.5. The van der Waals surface area contributed by atoms with Crippen molar-refractivity contribution in [2.24, 2.45) is 0 Å². The Balaban J connectivity index is 1.79. The Morgan fingerprint density at radius 1 is 1.09 bits per heavy atom. The van der Waals surface area contributed by atoms with Gasteiger partial charge in [0.15, 0.2) is 11.5 Å². The summed E-state index contributed by atoms with van der Waals surface area (Å²) in [5, 5.41) is -0.0524. The van der Waals surface area contributed by atoms with Crippen molar-refractivity contribution in [2.75, 3.05) is 20.3 Å².